The summed E-state index contributed by atoms with van der Waals surface area (Å²) in [4.78, 5) is 13.8. The van der Waals surface area contributed by atoms with Crippen molar-refractivity contribution in [1.29, 1.82) is 0 Å². The summed E-state index contributed by atoms with van der Waals surface area (Å²) < 4.78 is 5.66. The van der Waals surface area contributed by atoms with Gasteiger partial charge in [0.05, 0.1) is 5.54 Å². The fourth-order valence-electron chi connectivity index (χ4n) is 1.81. The van der Waals surface area contributed by atoms with Crippen LogP contribution in [0.5, 0.6) is 5.75 Å². The predicted molar refractivity (Wildman–Crippen MR) is 78.5 cm³/mol. The van der Waals surface area contributed by atoms with E-state index in [1.165, 1.54) is 0 Å². The number of carbonyl (C=O) groups excluding carboxylic acids is 1. The Morgan fingerprint density at radius 1 is 1.45 bits per heavy atom. The molecule has 2 rings (SSSR count). The highest BCUT2D eigenvalue weighted by Gasteiger charge is 2.45. The average Bonchev–Trinajstić information content (AvgIpc) is 3.15. The molecule has 0 heterocycles. The molecule has 0 atom stereocenters. The molecule has 1 aliphatic rings. The molecule has 0 bridgehead atoms. The largest absolute Gasteiger partial charge is 0.492 e. The Labute approximate surface area is 120 Å². The highest BCUT2D eigenvalue weighted by molar-refractivity contribution is 5.88. The summed E-state index contributed by atoms with van der Waals surface area (Å²) in [5.41, 5.74) is 6.24. The van der Waals surface area contributed by atoms with Crippen molar-refractivity contribution < 1.29 is 9.53 Å². The minimum atomic E-state index is -0.611. The number of benzene rings is 1. The lowest BCUT2D eigenvalue weighted by molar-refractivity contribution is -0.123. The topological polar surface area (TPSA) is 67.6 Å². The van der Waals surface area contributed by atoms with Crippen molar-refractivity contribution in [2.24, 2.45) is 5.73 Å². The van der Waals surface area contributed by atoms with Gasteiger partial charge in [0.25, 0.3) is 0 Å². The van der Waals surface area contributed by atoms with Gasteiger partial charge in [0.1, 0.15) is 12.4 Å². The average molecular weight is 277 g/mol. The van der Waals surface area contributed by atoms with Gasteiger partial charge in [0.2, 0.25) is 5.91 Å². The van der Waals surface area contributed by atoms with Crippen molar-refractivity contribution in [2.45, 2.75) is 24.9 Å². The van der Waals surface area contributed by atoms with Crippen molar-refractivity contribution in [3.63, 3.8) is 0 Å². The normalized spacial score (nSPS) is 16.0. The first-order chi connectivity index (χ1) is 9.49. The van der Waals surface area contributed by atoms with E-state index in [1.54, 1.807) is 0 Å². The van der Waals surface area contributed by atoms with E-state index in [9.17, 15) is 4.79 Å². The molecule has 1 aromatic rings. The Morgan fingerprint density at radius 3 is 2.85 bits per heavy atom. The van der Waals surface area contributed by atoms with Gasteiger partial charge in [-0.1, -0.05) is 12.1 Å². The molecular weight excluding hydrogens is 254 g/mol. The van der Waals surface area contributed by atoms with E-state index in [4.69, 9.17) is 10.5 Å². The van der Waals surface area contributed by atoms with Gasteiger partial charge in [-0.25, -0.2) is 0 Å². The predicted octanol–water partition coefficient (Wildman–Crippen LogP) is 0.735. The molecule has 0 saturated heterocycles. The van der Waals surface area contributed by atoms with Crippen LogP contribution < -0.4 is 15.8 Å². The zero-order valence-corrected chi connectivity index (χ0v) is 12.2. The second-order valence-electron chi connectivity index (χ2n) is 5.64. The van der Waals surface area contributed by atoms with Gasteiger partial charge in [-0.15, -0.1) is 0 Å². The Morgan fingerprint density at radius 2 is 2.20 bits per heavy atom. The first kappa shape index (κ1) is 14.8. The van der Waals surface area contributed by atoms with E-state index >= 15 is 0 Å². The van der Waals surface area contributed by atoms with E-state index < -0.39 is 5.54 Å². The van der Waals surface area contributed by atoms with Gasteiger partial charge in [-0.05, 0) is 44.6 Å². The standard InChI is InChI=1S/C15H23N3O2/c1-18(2)8-9-20-13-5-3-4-12(10-13)11-17-14(19)15(16)6-7-15/h3-5,10H,6-9,11,16H2,1-2H3,(H,17,19). The minimum Gasteiger partial charge on any atom is -0.492 e. The molecular formula is C15H23N3O2. The van der Waals surface area contributed by atoms with Gasteiger partial charge in [-0.2, -0.15) is 0 Å². The number of nitrogens with one attached hydrogen (secondary N) is 1. The zero-order valence-electron chi connectivity index (χ0n) is 12.2. The molecule has 1 aliphatic carbocycles. The van der Waals surface area contributed by atoms with E-state index in [0.29, 0.717) is 13.2 Å². The lowest BCUT2D eigenvalue weighted by Crippen LogP contribution is -2.42. The number of rotatable bonds is 7. The Hall–Kier alpha value is -1.59. The summed E-state index contributed by atoms with van der Waals surface area (Å²) in [7, 11) is 4.02. The Kier molecular flexibility index (Phi) is 4.62. The van der Waals surface area contributed by atoms with Crippen molar-refractivity contribution in [3.05, 3.63) is 29.8 Å². The maximum absolute atomic E-state index is 11.8. The number of hydrogen-bond donors (Lipinski definition) is 2. The summed E-state index contributed by atoms with van der Waals surface area (Å²) in [6, 6.07) is 7.77. The molecule has 3 N–H and O–H groups in total. The van der Waals surface area contributed by atoms with Gasteiger partial charge in [0.15, 0.2) is 0 Å². The molecule has 1 fully saturated rings. The van der Waals surface area contributed by atoms with Gasteiger partial charge in [0, 0.05) is 13.1 Å². The third kappa shape index (κ3) is 4.21. The van der Waals surface area contributed by atoms with Crippen LogP contribution in [0.25, 0.3) is 0 Å². The monoisotopic (exact) mass is 277 g/mol. The lowest BCUT2D eigenvalue weighted by Gasteiger charge is -2.13. The SMILES string of the molecule is CN(C)CCOc1cccc(CNC(=O)C2(N)CC2)c1. The van der Waals surface area contributed by atoms with Crippen LogP contribution in [0.2, 0.25) is 0 Å². The first-order valence-corrected chi connectivity index (χ1v) is 6.93. The maximum atomic E-state index is 11.8. The molecule has 0 aliphatic heterocycles. The summed E-state index contributed by atoms with van der Waals surface area (Å²) >= 11 is 0. The summed E-state index contributed by atoms with van der Waals surface area (Å²) in [6.45, 7) is 2.01. The van der Waals surface area contributed by atoms with Crippen LogP contribution in [-0.4, -0.2) is 43.6 Å². The highest BCUT2D eigenvalue weighted by atomic mass is 16.5. The third-order valence-electron chi connectivity index (χ3n) is 3.40. The van der Waals surface area contributed by atoms with E-state index in [1.807, 2.05) is 38.4 Å². The number of nitrogens with zero attached hydrogens (tertiary/aromatic N) is 1. The number of hydrogen-bond acceptors (Lipinski definition) is 4. The zero-order chi connectivity index (χ0) is 14.6. The van der Waals surface area contributed by atoms with E-state index in [-0.39, 0.29) is 5.91 Å². The van der Waals surface area contributed by atoms with Crippen LogP contribution in [0.1, 0.15) is 18.4 Å². The van der Waals surface area contributed by atoms with E-state index in [0.717, 1.165) is 30.7 Å². The summed E-state index contributed by atoms with van der Waals surface area (Å²) in [5.74, 6) is 0.768. The van der Waals surface area contributed by atoms with Crippen LogP contribution in [0, 0.1) is 0 Å². The number of nitrogens with two attached hydrogens (primary N) is 1. The van der Waals surface area contributed by atoms with Crippen LogP contribution >= 0.6 is 0 Å². The second kappa shape index (κ2) is 6.24. The van der Waals surface area contributed by atoms with Gasteiger partial charge in [-0.3, -0.25) is 4.79 Å². The number of amides is 1. The smallest absolute Gasteiger partial charge is 0.240 e. The molecule has 5 nitrogen and oxygen atoms in total. The summed E-state index contributed by atoms with van der Waals surface area (Å²) in [5, 5.41) is 2.88. The van der Waals surface area contributed by atoms with Crippen LogP contribution in [0.3, 0.4) is 0 Å². The molecule has 5 heteroatoms. The molecule has 110 valence electrons. The van der Waals surface area contributed by atoms with Crippen LogP contribution in [-0.2, 0) is 11.3 Å². The number of ether oxygens (including phenoxy) is 1. The first-order valence-electron chi connectivity index (χ1n) is 6.93. The minimum absolute atomic E-state index is 0.0589. The summed E-state index contributed by atoms with van der Waals surface area (Å²) in [6.07, 6.45) is 1.57. The maximum Gasteiger partial charge on any atom is 0.240 e. The van der Waals surface area contributed by atoms with Crippen molar-refractivity contribution >= 4 is 5.91 Å². The molecule has 1 aromatic carbocycles. The molecule has 1 saturated carbocycles. The van der Waals surface area contributed by atoms with Crippen molar-refractivity contribution in [3.8, 4) is 5.75 Å². The fourth-order valence-corrected chi connectivity index (χ4v) is 1.81. The fraction of sp³-hybridized carbons (Fsp3) is 0.533. The second-order valence-corrected chi connectivity index (χ2v) is 5.64. The Balaban J connectivity index is 1.81. The lowest BCUT2D eigenvalue weighted by atomic mass is 10.2. The van der Waals surface area contributed by atoms with Crippen LogP contribution in [0.4, 0.5) is 0 Å². The highest BCUT2D eigenvalue weighted by Crippen LogP contribution is 2.32. The molecule has 20 heavy (non-hydrogen) atoms. The number of likely N-dealkylation sites (N-methyl/N-ethyl adjacent to an activating group) is 1. The van der Waals surface area contributed by atoms with Crippen LogP contribution in [0.15, 0.2) is 24.3 Å². The molecule has 0 radical (unpaired) electrons. The van der Waals surface area contributed by atoms with Gasteiger partial charge >= 0.3 is 0 Å². The Bertz CT molecular complexity index is 470. The quantitative estimate of drug-likeness (QED) is 0.771. The third-order valence-corrected chi connectivity index (χ3v) is 3.40. The molecule has 1 amide bonds. The van der Waals surface area contributed by atoms with Crippen molar-refractivity contribution in [2.75, 3.05) is 27.2 Å². The molecule has 0 aromatic heterocycles. The van der Waals surface area contributed by atoms with E-state index in [2.05, 4.69) is 10.2 Å². The molecule has 0 spiro atoms. The van der Waals surface area contributed by atoms with Crippen molar-refractivity contribution in [1.82, 2.24) is 10.2 Å². The van der Waals surface area contributed by atoms with Gasteiger partial charge < -0.3 is 20.7 Å². The molecule has 0 unspecified atom stereocenters. The number of carbonyl (C=O) groups is 1.